The smallest absolute Gasteiger partial charge is 0.789 e. The molecule has 0 aromatic carbocycles. The van der Waals surface area contributed by atoms with Gasteiger partial charge in [-0.3, -0.25) is 0 Å². The van der Waals surface area contributed by atoms with Gasteiger partial charge < -0.3 is 25.3 Å². The van der Waals surface area contributed by atoms with Crippen molar-refractivity contribution in [3.8, 4) is 0 Å². The molecule has 0 heterocycles. The van der Waals surface area contributed by atoms with Crippen LogP contribution in [0.3, 0.4) is 0 Å². The zero-order valence-corrected chi connectivity index (χ0v) is 10.5. The molecule has 2 aliphatic carbocycles. The van der Waals surface area contributed by atoms with Crippen molar-refractivity contribution < 1.29 is 17.1 Å². The molecule has 3 heteroatoms. The summed E-state index contributed by atoms with van der Waals surface area (Å²) >= 11 is 10.0. The minimum atomic E-state index is 0. The molecule has 0 aliphatic heterocycles. The Balaban J connectivity index is 0.000000206. The minimum absolute atomic E-state index is 0. The summed E-state index contributed by atoms with van der Waals surface area (Å²) in [6.45, 7) is 0. The molecule has 0 saturated heterocycles. The molecular weight excluding hydrogens is 248 g/mol. The SMILES string of the molecule is [Cu+2].[S-]C1CCCC1.[S-]C1CCCC1. The molecule has 2 aliphatic rings. The summed E-state index contributed by atoms with van der Waals surface area (Å²) in [6, 6.07) is 0. The van der Waals surface area contributed by atoms with Gasteiger partial charge in [0.25, 0.3) is 0 Å². The molecule has 0 aromatic rings. The van der Waals surface area contributed by atoms with E-state index in [4.69, 9.17) is 25.3 Å². The van der Waals surface area contributed by atoms with Gasteiger partial charge >= 0.3 is 17.1 Å². The first kappa shape index (κ1) is 14.2. The van der Waals surface area contributed by atoms with Crippen LogP contribution in [0.15, 0.2) is 0 Å². The van der Waals surface area contributed by atoms with Crippen LogP contribution in [0.2, 0.25) is 0 Å². The summed E-state index contributed by atoms with van der Waals surface area (Å²) in [4.78, 5) is 0. The van der Waals surface area contributed by atoms with Crippen LogP contribution in [-0.4, -0.2) is 10.5 Å². The summed E-state index contributed by atoms with van der Waals surface area (Å²) in [5.74, 6) is 0. The minimum Gasteiger partial charge on any atom is -0.789 e. The first-order chi connectivity index (χ1) is 5.79. The third-order valence-corrected chi connectivity index (χ3v) is 3.55. The third kappa shape index (κ3) is 7.18. The average Bonchev–Trinajstić information content (AvgIpc) is 2.63. The van der Waals surface area contributed by atoms with Crippen molar-refractivity contribution in [1.29, 1.82) is 0 Å². The molecule has 0 spiro atoms. The van der Waals surface area contributed by atoms with Gasteiger partial charge in [-0.05, 0) is 0 Å². The third-order valence-electron chi connectivity index (χ3n) is 2.60. The van der Waals surface area contributed by atoms with Crippen molar-refractivity contribution in [2.24, 2.45) is 0 Å². The second-order valence-corrected chi connectivity index (χ2v) is 5.15. The van der Waals surface area contributed by atoms with Crippen molar-refractivity contribution in [3.05, 3.63) is 0 Å². The first-order valence-corrected chi connectivity index (χ1v) is 6.05. The van der Waals surface area contributed by atoms with Crippen LogP contribution < -0.4 is 0 Å². The number of hydrogen-bond acceptors (Lipinski definition) is 2. The maximum absolute atomic E-state index is 5.00. The van der Waals surface area contributed by atoms with E-state index < -0.39 is 0 Å². The summed E-state index contributed by atoms with van der Waals surface area (Å²) in [6.07, 6.45) is 10.7. The summed E-state index contributed by atoms with van der Waals surface area (Å²) in [7, 11) is 0. The normalized spacial score (nSPS) is 23.5. The molecule has 1 radical (unpaired) electrons. The van der Waals surface area contributed by atoms with Crippen LogP contribution >= 0.6 is 0 Å². The Kier molecular flexibility index (Phi) is 9.32. The molecule has 2 fully saturated rings. The molecule has 0 aromatic heterocycles. The van der Waals surface area contributed by atoms with Gasteiger partial charge in [-0.1, -0.05) is 51.4 Å². The first-order valence-electron chi connectivity index (χ1n) is 5.10. The molecule has 0 unspecified atom stereocenters. The van der Waals surface area contributed by atoms with E-state index in [1.165, 1.54) is 51.4 Å². The molecule has 0 atom stereocenters. The average molecular weight is 266 g/mol. The summed E-state index contributed by atoms with van der Waals surface area (Å²) in [5.41, 5.74) is 0. The Morgan fingerprint density at radius 3 is 0.923 bits per heavy atom. The van der Waals surface area contributed by atoms with Gasteiger partial charge in [0.05, 0.1) is 0 Å². The van der Waals surface area contributed by atoms with Gasteiger partial charge in [0.15, 0.2) is 0 Å². The molecular formula is C10H18CuS2. The summed E-state index contributed by atoms with van der Waals surface area (Å²) in [5, 5.41) is 1.26. The second kappa shape index (κ2) is 8.52. The Hall–Kier alpha value is 1.22. The van der Waals surface area contributed by atoms with Crippen molar-refractivity contribution in [2.75, 3.05) is 0 Å². The Labute approximate surface area is 104 Å². The topological polar surface area (TPSA) is 0 Å². The molecule has 13 heavy (non-hydrogen) atoms. The van der Waals surface area contributed by atoms with Gasteiger partial charge in [-0.25, -0.2) is 0 Å². The van der Waals surface area contributed by atoms with Crippen LogP contribution in [0.4, 0.5) is 0 Å². The zero-order chi connectivity index (χ0) is 8.81. The van der Waals surface area contributed by atoms with E-state index >= 15 is 0 Å². The van der Waals surface area contributed by atoms with Crippen molar-refractivity contribution in [2.45, 2.75) is 61.9 Å². The van der Waals surface area contributed by atoms with Gasteiger partial charge in [0, 0.05) is 0 Å². The number of hydrogen-bond donors (Lipinski definition) is 0. The molecule has 2 saturated carbocycles. The van der Waals surface area contributed by atoms with E-state index in [2.05, 4.69) is 0 Å². The largest absolute Gasteiger partial charge is 2.00 e. The van der Waals surface area contributed by atoms with E-state index in [1.54, 1.807) is 0 Å². The number of rotatable bonds is 0. The molecule has 81 valence electrons. The van der Waals surface area contributed by atoms with Gasteiger partial charge in [-0.15, -0.1) is 0 Å². The predicted octanol–water partition coefficient (Wildman–Crippen LogP) is 2.95. The standard InChI is InChI=1S/2C5H10S.Cu/c2*6-5-3-1-2-4-5;/h2*5-6H,1-4H2;/q;;+2/p-2. The molecule has 0 N–H and O–H groups in total. The van der Waals surface area contributed by atoms with E-state index in [9.17, 15) is 0 Å². The molecule has 0 amide bonds. The van der Waals surface area contributed by atoms with Gasteiger partial charge in [-0.2, -0.15) is 10.5 Å². The molecule has 0 nitrogen and oxygen atoms in total. The Morgan fingerprint density at radius 2 is 0.846 bits per heavy atom. The maximum Gasteiger partial charge on any atom is 2.00 e. The van der Waals surface area contributed by atoms with Crippen LogP contribution in [0.5, 0.6) is 0 Å². The fourth-order valence-electron chi connectivity index (χ4n) is 1.78. The fourth-order valence-corrected chi connectivity index (χ4v) is 2.44. The van der Waals surface area contributed by atoms with E-state index in [0.29, 0.717) is 10.5 Å². The maximum atomic E-state index is 5.00. The fraction of sp³-hybridized carbons (Fsp3) is 1.00. The zero-order valence-electron chi connectivity index (χ0n) is 7.93. The quantitative estimate of drug-likeness (QED) is 0.488. The summed E-state index contributed by atoms with van der Waals surface area (Å²) < 4.78 is 0. The van der Waals surface area contributed by atoms with Crippen LogP contribution in [0.1, 0.15) is 51.4 Å². The monoisotopic (exact) mass is 265 g/mol. The predicted molar refractivity (Wildman–Crippen MR) is 59.2 cm³/mol. The van der Waals surface area contributed by atoms with Crippen molar-refractivity contribution in [1.82, 2.24) is 0 Å². The van der Waals surface area contributed by atoms with Gasteiger partial charge in [0.2, 0.25) is 0 Å². The van der Waals surface area contributed by atoms with E-state index in [0.717, 1.165) is 0 Å². The second-order valence-electron chi connectivity index (χ2n) is 3.81. The molecule has 0 bridgehead atoms. The van der Waals surface area contributed by atoms with E-state index in [-0.39, 0.29) is 17.1 Å². The van der Waals surface area contributed by atoms with Gasteiger partial charge in [0.1, 0.15) is 0 Å². The van der Waals surface area contributed by atoms with Crippen LogP contribution in [-0.2, 0) is 42.3 Å². The van der Waals surface area contributed by atoms with E-state index in [1.807, 2.05) is 0 Å². The van der Waals surface area contributed by atoms with Crippen molar-refractivity contribution >= 4 is 25.3 Å². The van der Waals surface area contributed by atoms with Crippen molar-refractivity contribution in [3.63, 3.8) is 0 Å². The molecule has 2 rings (SSSR count). The van der Waals surface area contributed by atoms with Crippen LogP contribution in [0.25, 0.3) is 0 Å². The van der Waals surface area contributed by atoms with Crippen LogP contribution in [0, 0.1) is 0 Å². The Bertz CT molecular complexity index is 93.5. The Morgan fingerprint density at radius 1 is 0.615 bits per heavy atom.